The molecule has 0 aliphatic rings. The zero-order chi connectivity index (χ0) is 21.5. The maximum Gasteiger partial charge on any atom is 0.270 e. The van der Waals surface area contributed by atoms with Crippen molar-refractivity contribution in [2.24, 2.45) is 0 Å². The normalized spacial score (nSPS) is 10.2. The Hall–Kier alpha value is -3.78. The van der Waals surface area contributed by atoms with Crippen molar-refractivity contribution in [3.63, 3.8) is 0 Å². The Bertz CT molecular complexity index is 1070. The minimum Gasteiger partial charge on any atom is -0.494 e. The third-order valence-corrected chi connectivity index (χ3v) is 4.37. The molecule has 152 valence electrons. The molecular formula is C22H19N3O4S. The maximum absolute atomic E-state index is 12.9. The molecule has 2 N–H and O–H groups in total. The monoisotopic (exact) mass is 421 g/mol. The lowest BCUT2D eigenvalue weighted by molar-refractivity contribution is -0.384. The van der Waals surface area contributed by atoms with Gasteiger partial charge >= 0.3 is 0 Å². The van der Waals surface area contributed by atoms with Crippen molar-refractivity contribution >= 4 is 40.2 Å². The fraction of sp³-hybridized carbons (Fsp3) is 0.0909. The van der Waals surface area contributed by atoms with Gasteiger partial charge in [-0.15, -0.1) is 0 Å². The van der Waals surface area contributed by atoms with Gasteiger partial charge in [0, 0.05) is 23.4 Å². The van der Waals surface area contributed by atoms with Crippen molar-refractivity contribution < 1.29 is 14.5 Å². The van der Waals surface area contributed by atoms with E-state index >= 15 is 0 Å². The number of ether oxygens (including phenoxy) is 1. The van der Waals surface area contributed by atoms with Crippen LogP contribution >= 0.6 is 12.2 Å². The Morgan fingerprint density at radius 1 is 1.03 bits per heavy atom. The summed E-state index contributed by atoms with van der Waals surface area (Å²) in [7, 11) is 0. The quantitative estimate of drug-likeness (QED) is 0.239. The second-order valence-electron chi connectivity index (χ2n) is 6.22. The lowest BCUT2D eigenvalue weighted by Gasteiger charge is -2.14. The maximum atomic E-state index is 12.9. The SMILES string of the molecule is CCOc1ccc(NC(=S)Nc2ccc([N+](=O)[O-])cc2C(=O)c2ccccc2)cc1. The smallest absolute Gasteiger partial charge is 0.270 e. The standard InChI is InChI=1S/C22H19N3O4S/c1-2-29-18-11-8-16(9-12-18)23-22(30)24-20-13-10-17(25(27)28)14-19(20)21(26)15-6-4-3-5-7-15/h3-14H,2H2,1H3,(H2,23,24,30). The van der Waals surface area contributed by atoms with Crippen LogP contribution in [0.4, 0.5) is 17.1 Å². The first-order chi connectivity index (χ1) is 14.5. The van der Waals surface area contributed by atoms with E-state index in [4.69, 9.17) is 17.0 Å². The fourth-order valence-corrected chi connectivity index (χ4v) is 3.00. The van der Waals surface area contributed by atoms with E-state index in [-0.39, 0.29) is 22.1 Å². The first-order valence-corrected chi connectivity index (χ1v) is 9.58. The lowest BCUT2D eigenvalue weighted by Crippen LogP contribution is -2.21. The van der Waals surface area contributed by atoms with Crippen molar-refractivity contribution in [1.29, 1.82) is 0 Å². The minimum atomic E-state index is -0.540. The molecule has 0 heterocycles. The molecule has 0 spiro atoms. The number of hydrogen-bond donors (Lipinski definition) is 2. The number of benzene rings is 3. The molecule has 0 bridgehead atoms. The van der Waals surface area contributed by atoms with Gasteiger partial charge in [-0.05, 0) is 49.5 Å². The molecule has 0 atom stereocenters. The summed E-state index contributed by atoms with van der Waals surface area (Å²) in [5, 5.41) is 17.4. The third-order valence-electron chi connectivity index (χ3n) is 4.17. The number of nitrogens with zero attached hydrogens (tertiary/aromatic N) is 1. The third kappa shape index (κ3) is 5.18. The van der Waals surface area contributed by atoms with Crippen LogP contribution in [-0.2, 0) is 0 Å². The van der Waals surface area contributed by atoms with Crippen molar-refractivity contribution in [2.75, 3.05) is 17.2 Å². The molecule has 7 nitrogen and oxygen atoms in total. The van der Waals surface area contributed by atoms with Crippen LogP contribution in [0.25, 0.3) is 0 Å². The van der Waals surface area contributed by atoms with E-state index in [9.17, 15) is 14.9 Å². The van der Waals surface area contributed by atoms with Crippen molar-refractivity contribution in [1.82, 2.24) is 0 Å². The van der Waals surface area contributed by atoms with Gasteiger partial charge in [-0.3, -0.25) is 14.9 Å². The number of nitro benzene ring substituents is 1. The van der Waals surface area contributed by atoms with Gasteiger partial charge in [-0.25, -0.2) is 0 Å². The molecular weight excluding hydrogens is 402 g/mol. The summed E-state index contributed by atoms with van der Waals surface area (Å²) >= 11 is 5.35. The molecule has 0 unspecified atom stereocenters. The van der Waals surface area contributed by atoms with E-state index in [0.29, 0.717) is 17.9 Å². The molecule has 3 rings (SSSR count). The lowest BCUT2D eigenvalue weighted by atomic mass is 10.0. The molecule has 0 aliphatic carbocycles. The molecule has 8 heteroatoms. The number of ketones is 1. The summed E-state index contributed by atoms with van der Waals surface area (Å²) in [6.45, 7) is 2.48. The molecule has 3 aromatic rings. The number of nitrogens with one attached hydrogen (secondary N) is 2. The van der Waals surface area contributed by atoms with Crippen LogP contribution < -0.4 is 15.4 Å². The largest absolute Gasteiger partial charge is 0.494 e. The van der Waals surface area contributed by atoms with Crippen LogP contribution in [0, 0.1) is 10.1 Å². The highest BCUT2D eigenvalue weighted by Gasteiger charge is 2.19. The predicted molar refractivity (Wildman–Crippen MR) is 120 cm³/mol. The van der Waals surface area contributed by atoms with Crippen molar-refractivity contribution in [2.45, 2.75) is 6.92 Å². The van der Waals surface area contributed by atoms with Crippen LogP contribution in [-0.4, -0.2) is 22.4 Å². The Labute approximate surface area is 178 Å². The van der Waals surface area contributed by atoms with Gasteiger partial charge in [0.1, 0.15) is 5.75 Å². The number of anilines is 2. The van der Waals surface area contributed by atoms with Crippen LogP contribution in [0.15, 0.2) is 72.8 Å². The molecule has 30 heavy (non-hydrogen) atoms. The van der Waals surface area contributed by atoms with E-state index < -0.39 is 4.92 Å². The number of hydrogen-bond acceptors (Lipinski definition) is 5. The summed E-state index contributed by atoms with van der Waals surface area (Å²) < 4.78 is 5.41. The highest BCUT2D eigenvalue weighted by atomic mass is 32.1. The van der Waals surface area contributed by atoms with Gasteiger partial charge < -0.3 is 15.4 Å². The van der Waals surface area contributed by atoms with Gasteiger partial charge in [0.2, 0.25) is 0 Å². The Morgan fingerprint density at radius 2 is 1.73 bits per heavy atom. The molecule has 0 fully saturated rings. The van der Waals surface area contributed by atoms with Crippen molar-refractivity contribution in [3.8, 4) is 5.75 Å². The topological polar surface area (TPSA) is 93.5 Å². The Kier molecular flexibility index (Phi) is 6.71. The van der Waals surface area contributed by atoms with Crippen molar-refractivity contribution in [3.05, 3.63) is 94.0 Å². The van der Waals surface area contributed by atoms with Crippen LogP contribution in [0.1, 0.15) is 22.8 Å². The predicted octanol–water partition coefficient (Wildman–Crippen LogP) is 5.03. The van der Waals surface area contributed by atoms with Crippen LogP contribution in [0.3, 0.4) is 0 Å². The average molecular weight is 421 g/mol. The summed E-state index contributed by atoms with van der Waals surface area (Å²) in [6, 6.07) is 19.8. The molecule has 0 saturated carbocycles. The number of nitro groups is 1. The highest BCUT2D eigenvalue weighted by Crippen LogP contribution is 2.25. The molecule has 0 radical (unpaired) electrons. The van der Waals surface area contributed by atoms with Crippen LogP contribution in [0.2, 0.25) is 0 Å². The number of rotatable bonds is 7. The van der Waals surface area contributed by atoms with Gasteiger partial charge in [0.15, 0.2) is 10.9 Å². The molecule has 0 saturated heterocycles. The van der Waals surface area contributed by atoms with E-state index in [0.717, 1.165) is 11.4 Å². The summed E-state index contributed by atoms with van der Waals surface area (Å²) in [5.74, 6) is 0.402. The fourth-order valence-electron chi connectivity index (χ4n) is 2.77. The summed E-state index contributed by atoms with van der Waals surface area (Å²) in [6.07, 6.45) is 0. The van der Waals surface area contributed by atoms with Crippen LogP contribution in [0.5, 0.6) is 5.75 Å². The minimum absolute atomic E-state index is 0.159. The first-order valence-electron chi connectivity index (χ1n) is 9.17. The zero-order valence-corrected chi connectivity index (χ0v) is 16.9. The average Bonchev–Trinajstić information content (AvgIpc) is 2.75. The van der Waals surface area contributed by atoms with Gasteiger partial charge in [0.05, 0.1) is 22.8 Å². The van der Waals surface area contributed by atoms with E-state index in [1.807, 2.05) is 31.2 Å². The molecule has 0 aromatic heterocycles. The summed E-state index contributed by atoms with van der Waals surface area (Å²) in [4.78, 5) is 23.6. The van der Waals surface area contributed by atoms with Gasteiger partial charge in [-0.2, -0.15) is 0 Å². The van der Waals surface area contributed by atoms with E-state index in [1.54, 1.807) is 30.3 Å². The Morgan fingerprint density at radius 3 is 2.37 bits per heavy atom. The first kappa shape index (κ1) is 20.9. The highest BCUT2D eigenvalue weighted by molar-refractivity contribution is 7.80. The zero-order valence-electron chi connectivity index (χ0n) is 16.1. The molecule has 0 aliphatic heterocycles. The molecule has 0 amide bonds. The molecule has 3 aromatic carbocycles. The van der Waals surface area contributed by atoms with Gasteiger partial charge in [-0.1, -0.05) is 30.3 Å². The second-order valence-corrected chi connectivity index (χ2v) is 6.63. The second kappa shape index (κ2) is 9.62. The number of non-ortho nitro benzene ring substituents is 1. The number of thiocarbonyl (C=S) groups is 1. The van der Waals surface area contributed by atoms with Gasteiger partial charge in [0.25, 0.3) is 5.69 Å². The Balaban J connectivity index is 1.83. The van der Waals surface area contributed by atoms with E-state index in [2.05, 4.69) is 10.6 Å². The van der Waals surface area contributed by atoms with E-state index in [1.165, 1.54) is 18.2 Å². The number of carbonyl (C=O) groups excluding carboxylic acids is 1. The summed E-state index contributed by atoms with van der Waals surface area (Å²) in [5.41, 5.74) is 1.51. The number of carbonyl (C=O) groups is 1.